The Hall–Kier alpha value is -2.10. The molecule has 0 amide bonds. The van der Waals surface area contributed by atoms with Gasteiger partial charge in [0.2, 0.25) is 5.82 Å². The van der Waals surface area contributed by atoms with Crippen molar-refractivity contribution >= 4 is 17.5 Å². The van der Waals surface area contributed by atoms with E-state index in [1.807, 2.05) is 17.6 Å². The molecule has 3 N–H and O–H groups in total. The summed E-state index contributed by atoms with van der Waals surface area (Å²) in [6.07, 6.45) is 0. The van der Waals surface area contributed by atoms with E-state index in [0.717, 1.165) is 23.7 Å². The fourth-order valence-electron chi connectivity index (χ4n) is 2.30. The van der Waals surface area contributed by atoms with Gasteiger partial charge in [-0.1, -0.05) is 6.07 Å². The molecule has 0 unspecified atom stereocenters. The van der Waals surface area contributed by atoms with Gasteiger partial charge in [0.25, 0.3) is 0 Å². The molecule has 1 aromatic heterocycles. The molecule has 0 aliphatic heterocycles. The van der Waals surface area contributed by atoms with Crippen molar-refractivity contribution in [2.75, 3.05) is 11.1 Å². The Morgan fingerprint density at radius 3 is 2.32 bits per heavy atom. The predicted octanol–water partition coefficient (Wildman–Crippen LogP) is 2.64. The van der Waals surface area contributed by atoms with Crippen LogP contribution in [0.25, 0.3) is 0 Å². The van der Waals surface area contributed by atoms with Crippen molar-refractivity contribution in [3.05, 3.63) is 41.1 Å². The van der Waals surface area contributed by atoms with Gasteiger partial charge in [0.15, 0.2) is 0 Å². The van der Waals surface area contributed by atoms with Gasteiger partial charge < -0.3 is 5.73 Å². The van der Waals surface area contributed by atoms with Crippen LogP contribution in [0.15, 0.2) is 24.3 Å². The first-order valence-corrected chi connectivity index (χ1v) is 6.52. The second-order valence-electron chi connectivity index (χ2n) is 4.89. The zero-order valence-electron chi connectivity index (χ0n) is 12.0. The topological polar surface area (TPSA) is 54.8 Å². The van der Waals surface area contributed by atoms with Crippen molar-refractivity contribution in [3.63, 3.8) is 0 Å². The average molecular weight is 257 g/mol. The highest BCUT2D eigenvalue weighted by Gasteiger charge is 2.12. The third kappa shape index (κ3) is 3.02. The molecule has 1 heterocycles. The van der Waals surface area contributed by atoms with Crippen LogP contribution in [0.4, 0.5) is 17.5 Å². The Kier molecular flexibility index (Phi) is 3.69. The van der Waals surface area contributed by atoms with E-state index in [4.69, 9.17) is 5.73 Å². The minimum absolute atomic E-state index is 0.536. The van der Waals surface area contributed by atoms with E-state index >= 15 is 0 Å². The summed E-state index contributed by atoms with van der Waals surface area (Å²) < 4.78 is 1.96. The Labute approximate surface area is 114 Å². The van der Waals surface area contributed by atoms with Crippen molar-refractivity contribution in [1.82, 2.24) is 4.98 Å². The first-order chi connectivity index (χ1) is 8.99. The second kappa shape index (κ2) is 5.26. The van der Waals surface area contributed by atoms with Gasteiger partial charge in [0.1, 0.15) is 5.69 Å². The Bertz CT molecular complexity index is 585. The summed E-state index contributed by atoms with van der Waals surface area (Å²) in [5, 5.41) is 3.43. The Balaban J connectivity index is 2.42. The van der Waals surface area contributed by atoms with Crippen LogP contribution in [0, 0.1) is 20.8 Å². The number of benzene rings is 1. The van der Waals surface area contributed by atoms with Crippen LogP contribution in [0.1, 0.15) is 23.7 Å². The monoisotopic (exact) mass is 257 g/mol. The number of nitrogens with zero attached hydrogens (tertiary/aromatic N) is 2. The van der Waals surface area contributed by atoms with Crippen molar-refractivity contribution < 1.29 is 4.57 Å². The van der Waals surface area contributed by atoms with Crippen LogP contribution < -0.4 is 15.6 Å². The third-order valence-electron chi connectivity index (χ3n) is 3.01. The van der Waals surface area contributed by atoms with E-state index in [2.05, 4.69) is 49.3 Å². The lowest BCUT2D eigenvalue weighted by Gasteiger charge is -2.11. The number of anilines is 3. The molecule has 4 nitrogen and oxygen atoms in total. The molecule has 0 aliphatic carbocycles. The van der Waals surface area contributed by atoms with Crippen molar-refractivity contribution in [2.45, 2.75) is 34.2 Å². The highest BCUT2D eigenvalue weighted by Crippen LogP contribution is 2.18. The number of hydrogen-bond donors (Lipinski definition) is 2. The first-order valence-electron chi connectivity index (χ1n) is 6.52. The molecular formula is C15H21N4+. The van der Waals surface area contributed by atoms with Crippen molar-refractivity contribution in [1.29, 1.82) is 0 Å². The minimum atomic E-state index is 0.536. The molecule has 0 atom stereocenters. The lowest BCUT2D eigenvalue weighted by atomic mass is 10.1. The molecule has 0 aliphatic rings. The summed E-state index contributed by atoms with van der Waals surface area (Å²) in [7, 11) is 0. The summed E-state index contributed by atoms with van der Waals surface area (Å²) in [4.78, 5) is 4.28. The molecule has 0 saturated carbocycles. The maximum Gasteiger partial charge on any atom is 0.345 e. The van der Waals surface area contributed by atoms with Crippen LogP contribution in [-0.2, 0) is 6.54 Å². The highest BCUT2D eigenvalue weighted by molar-refractivity contribution is 5.57. The molecule has 0 saturated heterocycles. The van der Waals surface area contributed by atoms with E-state index in [1.54, 1.807) is 0 Å². The van der Waals surface area contributed by atoms with Gasteiger partial charge >= 0.3 is 5.95 Å². The molecule has 4 heteroatoms. The van der Waals surface area contributed by atoms with Crippen LogP contribution in [0.2, 0.25) is 0 Å². The number of nitrogen functional groups attached to an aromatic ring is 1. The third-order valence-corrected chi connectivity index (χ3v) is 3.01. The van der Waals surface area contributed by atoms with E-state index in [1.165, 1.54) is 11.1 Å². The quantitative estimate of drug-likeness (QED) is 0.831. The van der Waals surface area contributed by atoms with E-state index < -0.39 is 0 Å². The summed E-state index contributed by atoms with van der Waals surface area (Å²) in [5.74, 6) is 1.51. The Morgan fingerprint density at radius 1 is 1.11 bits per heavy atom. The SMILES string of the molecule is CC[n+]1c(Nc2cc(C)cc(C)c2)cc(C)nc1N. The lowest BCUT2D eigenvalue weighted by molar-refractivity contribution is -0.667. The molecule has 100 valence electrons. The van der Waals surface area contributed by atoms with Gasteiger partial charge in [-0.2, -0.15) is 0 Å². The molecule has 0 bridgehead atoms. The molecule has 0 fully saturated rings. The maximum absolute atomic E-state index is 5.96. The number of aromatic nitrogens is 2. The molecule has 0 radical (unpaired) electrons. The van der Waals surface area contributed by atoms with Gasteiger partial charge in [-0.25, -0.2) is 4.57 Å². The average Bonchev–Trinajstić information content (AvgIpc) is 2.26. The predicted molar refractivity (Wildman–Crippen MR) is 78.5 cm³/mol. The van der Waals surface area contributed by atoms with E-state index in [9.17, 15) is 0 Å². The number of aryl methyl sites for hydroxylation is 3. The van der Waals surface area contributed by atoms with Gasteiger partial charge in [0.05, 0.1) is 12.2 Å². The molecule has 0 spiro atoms. The van der Waals surface area contributed by atoms with Crippen molar-refractivity contribution in [3.8, 4) is 0 Å². The molecule has 1 aromatic carbocycles. The fourth-order valence-corrected chi connectivity index (χ4v) is 2.30. The van der Waals surface area contributed by atoms with Crippen LogP contribution >= 0.6 is 0 Å². The van der Waals surface area contributed by atoms with Crippen molar-refractivity contribution in [2.24, 2.45) is 0 Å². The smallest absolute Gasteiger partial charge is 0.307 e. The van der Waals surface area contributed by atoms with Gasteiger partial charge in [0, 0.05) is 6.07 Å². The highest BCUT2D eigenvalue weighted by atomic mass is 15.2. The number of hydrogen-bond acceptors (Lipinski definition) is 3. The summed E-state index contributed by atoms with van der Waals surface area (Å²) >= 11 is 0. The molecule has 2 aromatic rings. The number of nitrogens with one attached hydrogen (secondary N) is 1. The lowest BCUT2D eigenvalue weighted by Crippen LogP contribution is -2.40. The Morgan fingerprint density at radius 2 is 1.74 bits per heavy atom. The van der Waals surface area contributed by atoms with E-state index in [0.29, 0.717) is 5.95 Å². The van der Waals surface area contributed by atoms with Gasteiger partial charge in [-0.15, -0.1) is 4.98 Å². The van der Waals surface area contributed by atoms with E-state index in [-0.39, 0.29) is 0 Å². The molecular weight excluding hydrogens is 236 g/mol. The first kappa shape index (κ1) is 13.3. The summed E-state index contributed by atoms with van der Waals surface area (Å²) in [5.41, 5.74) is 10.4. The molecule has 2 rings (SSSR count). The van der Waals surface area contributed by atoms with Gasteiger partial charge in [-0.05, 0) is 51.0 Å². The largest absolute Gasteiger partial charge is 0.345 e. The number of rotatable bonds is 3. The number of nitrogens with two attached hydrogens (primary N) is 1. The second-order valence-corrected chi connectivity index (χ2v) is 4.89. The van der Waals surface area contributed by atoms with Gasteiger partial charge in [-0.3, -0.25) is 5.32 Å². The molecule has 19 heavy (non-hydrogen) atoms. The van der Waals surface area contributed by atoms with Crippen LogP contribution in [0.3, 0.4) is 0 Å². The normalized spacial score (nSPS) is 10.5. The zero-order chi connectivity index (χ0) is 14.0. The van der Waals surface area contributed by atoms with Crippen LogP contribution in [-0.4, -0.2) is 4.98 Å². The summed E-state index contributed by atoms with van der Waals surface area (Å²) in [6.45, 7) is 8.98. The minimum Gasteiger partial charge on any atom is -0.307 e. The standard InChI is InChI=1S/C15H20N4/c1-5-19-14(9-12(4)17-15(19)16)18-13-7-10(2)6-11(3)8-13/h6-9H,5H2,1-4H3,(H2,16,17,18)/p+1. The van der Waals surface area contributed by atoms with Crippen LogP contribution in [0.5, 0.6) is 0 Å². The zero-order valence-corrected chi connectivity index (χ0v) is 12.0. The maximum atomic E-state index is 5.96. The fraction of sp³-hybridized carbons (Fsp3) is 0.333. The summed E-state index contributed by atoms with van der Waals surface area (Å²) in [6, 6.07) is 8.42.